The van der Waals surface area contributed by atoms with Crippen molar-refractivity contribution in [3.63, 3.8) is 0 Å². The normalized spacial score (nSPS) is 23.6. The number of aliphatic imine (C=N–C) groups is 3. The van der Waals surface area contributed by atoms with Crippen molar-refractivity contribution >= 4 is 29.4 Å². The number of hydrogen-bond donors (Lipinski definition) is 2. The van der Waals surface area contributed by atoms with E-state index in [1.807, 2.05) is 72.9 Å². The van der Waals surface area contributed by atoms with Gasteiger partial charge in [0.1, 0.15) is 17.4 Å². The molecule has 7 nitrogen and oxygen atoms in total. The zero-order valence-electron chi connectivity index (χ0n) is 31.6. The Morgan fingerprint density at radius 2 is 1.70 bits per heavy atom. The van der Waals surface area contributed by atoms with Gasteiger partial charge in [0.05, 0.1) is 24.0 Å². The second-order valence-electron chi connectivity index (χ2n) is 13.9. The van der Waals surface area contributed by atoms with Crippen LogP contribution in [0.3, 0.4) is 0 Å². The molecule has 1 unspecified atom stereocenters. The molecule has 5 aliphatic rings. The van der Waals surface area contributed by atoms with Crippen LogP contribution >= 0.6 is 0 Å². The van der Waals surface area contributed by atoms with Crippen molar-refractivity contribution in [1.29, 1.82) is 5.41 Å². The monoisotopic (exact) mass is 736 g/mol. The third-order valence-corrected chi connectivity index (χ3v) is 10.0. The number of nitrogens with one attached hydrogen (secondary N) is 2. The minimum Gasteiger partial charge on any atom is -0.463 e. The molecule has 0 saturated carbocycles. The summed E-state index contributed by atoms with van der Waals surface area (Å²) in [6.45, 7) is 3.75. The minimum atomic E-state index is -0.266. The average Bonchev–Trinajstić information content (AvgIpc) is 3.26. The third-order valence-electron chi connectivity index (χ3n) is 10.0. The number of benzene rings is 2. The van der Waals surface area contributed by atoms with Crippen LogP contribution in [0.1, 0.15) is 50.3 Å². The first-order valence-electron chi connectivity index (χ1n) is 19.4. The predicted molar refractivity (Wildman–Crippen MR) is 234 cm³/mol. The Morgan fingerprint density at radius 3 is 2.57 bits per heavy atom. The van der Waals surface area contributed by atoms with Gasteiger partial charge in [-0.3, -0.25) is 5.41 Å². The van der Waals surface area contributed by atoms with Crippen LogP contribution in [0.15, 0.2) is 214 Å². The molecule has 56 heavy (non-hydrogen) atoms. The van der Waals surface area contributed by atoms with Gasteiger partial charge in [-0.05, 0) is 85.6 Å². The molecule has 0 fully saturated rings. The molecule has 7 rings (SSSR count). The number of hydrogen-bond acceptors (Lipinski definition) is 6. The van der Waals surface area contributed by atoms with Gasteiger partial charge in [-0.2, -0.15) is 0 Å². The highest BCUT2D eigenvalue weighted by Crippen LogP contribution is 2.36. The van der Waals surface area contributed by atoms with Gasteiger partial charge in [-0.1, -0.05) is 134 Å². The third kappa shape index (κ3) is 9.73. The molecule has 2 heterocycles. The molecule has 7 heteroatoms. The molecule has 0 aromatic heterocycles. The fourth-order valence-corrected chi connectivity index (χ4v) is 7.08. The summed E-state index contributed by atoms with van der Waals surface area (Å²) in [6.07, 6.45) is 46.0. The van der Waals surface area contributed by atoms with Crippen LogP contribution in [-0.2, 0) is 0 Å². The molecule has 3 aliphatic carbocycles. The Labute approximate surface area is 330 Å². The Balaban J connectivity index is 1.13. The molecule has 0 spiro atoms. The summed E-state index contributed by atoms with van der Waals surface area (Å²) in [7, 11) is 0. The van der Waals surface area contributed by atoms with E-state index in [9.17, 15) is 5.41 Å². The van der Waals surface area contributed by atoms with E-state index in [1.54, 1.807) is 18.7 Å². The van der Waals surface area contributed by atoms with E-state index >= 15 is 0 Å². The Kier molecular flexibility index (Phi) is 12.9. The van der Waals surface area contributed by atoms with E-state index in [0.29, 0.717) is 12.3 Å². The van der Waals surface area contributed by atoms with E-state index in [4.69, 9.17) is 14.7 Å². The number of anilines is 1. The quantitative estimate of drug-likeness (QED) is 0.145. The molecule has 280 valence electrons. The maximum atomic E-state index is 9.21. The van der Waals surface area contributed by atoms with Crippen molar-refractivity contribution in [3.8, 4) is 5.75 Å². The summed E-state index contributed by atoms with van der Waals surface area (Å²) >= 11 is 0. The van der Waals surface area contributed by atoms with Gasteiger partial charge >= 0.3 is 0 Å². The van der Waals surface area contributed by atoms with Crippen molar-refractivity contribution in [3.05, 3.63) is 205 Å². The van der Waals surface area contributed by atoms with Gasteiger partial charge in [0.15, 0.2) is 6.17 Å². The van der Waals surface area contributed by atoms with Crippen LogP contribution in [0, 0.1) is 17.2 Å². The number of fused-ring (bicyclic) bond motifs is 1. The molecule has 2 N–H and O–H groups in total. The number of amidine groups is 2. The second kappa shape index (κ2) is 19.1. The number of para-hydroxylation sites is 2. The Hall–Kier alpha value is -6.60. The topological polar surface area (TPSA) is 85.4 Å². The second-order valence-corrected chi connectivity index (χ2v) is 13.9. The molecule has 0 saturated heterocycles. The van der Waals surface area contributed by atoms with Gasteiger partial charge < -0.3 is 15.0 Å². The van der Waals surface area contributed by atoms with Crippen molar-refractivity contribution in [1.82, 2.24) is 5.32 Å². The van der Waals surface area contributed by atoms with Crippen LogP contribution in [0.4, 0.5) is 5.69 Å². The van der Waals surface area contributed by atoms with E-state index < -0.39 is 0 Å². The fraction of sp³-hybridized carbons (Fsp3) is 0.184. The first-order chi connectivity index (χ1) is 27.7. The van der Waals surface area contributed by atoms with E-state index in [0.717, 1.165) is 77.5 Å². The molecule has 3 atom stereocenters. The lowest BCUT2D eigenvalue weighted by Gasteiger charge is -2.28. The molecule has 2 aromatic rings. The highest BCUT2D eigenvalue weighted by molar-refractivity contribution is 6.10. The number of nitrogens with zero attached hydrogens (tertiary/aromatic N) is 4. The predicted octanol–water partition coefficient (Wildman–Crippen LogP) is 11.3. The van der Waals surface area contributed by atoms with Gasteiger partial charge in [0.25, 0.3) is 0 Å². The largest absolute Gasteiger partial charge is 0.463 e. The molecule has 0 radical (unpaired) electrons. The highest BCUT2D eigenvalue weighted by atomic mass is 16.5. The zero-order chi connectivity index (χ0) is 38.4. The maximum absolute atomic E-state index is 9.21. The standard InChI is InChI=1S/C49H48N6O/c1-2-3-4-5-6-12-25-44(53-47(50)37-28-30-43(31-29-37)55-32-15-7-8-16-33-56-46-27-14-13-26-45(46)55)41-23-17-21-39(34-41)40-22-18-24-42(35-40)49-52-36-51-48(54-49)38-19-10-9-11-20-38/h2-6,9-21,24-28,30,32-36,40-41,48,50H,1,7-8,22-23,29,31H2,(H,51,52,54)/b4-3-,6-5+,25-12+,32-15+,33-16+,50-47?,53-44?/t40?,41-,48+/m0/s1. The molecule has 0 amide bonds. The molecule has 0 bridgehead atoms. The molecule has 2 aromatic carbocycles. The van der Waals surface area contributed by atoms with E-state index in [2.05, 4.69) is 107 Å². The SMILES string of the molecule is C=C\C=C/C=C/C=C/C(=NC(=N)C1=CC=C(N2/C=C/CC/C=C/Oc3ccccc32)CC1)[C@@H]1C=C(C2C=C(C3=N[C@H](c4ccccc4)N=CN3)C=CC2)C=CC1. The fourth-order valence-electron chi connectivity index (χ4n) is 7.08. The Morgan fingerprint density at radius 1 is 0.875 bits per heavy atom. The lowest BCUT2D eigenvalue weighted by molar-refractivity contribution is 0.479. The van der Waals surface area contributed by atoms with Crippen molar-refractivity contribution in [2.45, 2.75) is 44.7 Å². The summed E-state index contributed by atoms with van der Waals surface area (Å²) in [5.41, 5.74) is 7.27. The first kappa shape index (κ1) is 37.7. The van der Waals surface area contributed by atoms with Crippen LogP contribution in [-0.4, -0.2) is 23.7 Å². The van der Waals surface area contributed by atoms with Crippen molar-refractivity contribution < 1.29 is 4.74 Å². The highest BCUT2D eigenvalue weighted by Gasteiger charge is 2.24. The summed E-state index contributed by atoms with van der Waals surface area (Å²) < 4.78 is 6.01. The molecule has 2 aliphatic heterocycles. The van der Waals surface area contributed by atoms with Gasteiger partial charge in [0.2, 0.25) is 0 Å². The number of rotatable bonds is 10. The summed E-state index contributed by atoms with van der Waals surface area (Å²) in [4.78, 5) is 16.8. The van der Waals surface area contributed by atoms with Crippen LogP contribution in [0.5, 0.6) is 5.75 Å². The first-order valence-corrected chi connectivity index (χ1v) is 19.4. The van der Waals surface area contributed by atoms with Gasteiger partial charge in [-0.15, -0.1) is 0 Å². The van der Waals surface area contributed by atoms with E-state index in [1.165, 1.54) is 5.57 Å². The summed E-state index contributed by atoms with van der Waals surface area (Å²) in [5.74, 6) is 2.13. The maximum Gasteiger partial charge on any atom is 0.169 e. The van der Waals surface area contributed by atoms with Crippen molar-refractivity contribution in [2.24, 2.45) is 26.8 Å². The number of allylic oxidation sites excluding steroid dienone is 18. The smallest absolute Gasteiger partial charge is 0.169 e. The van der Waals surface area contributed by atoms with Crippen molar-refractivity contribution in [2.75, 3.05) is 4.90 Å². The molecular formula is C49H48N6O. The minimum absolute atomic E-state index is 0.0197. The zero-order valence-corrected chi connectivity index (χ0v) is 31.6. The lowest BCUT2D eigenvalue weighted by Crippen LogP contribution is -2.28. The summed E-state index contributed by atoms with van der Waals surface area (Å²) in [6, 6.07) is 18.3. The summed E-state index contributed by atoms with van der Waals surface area (Å²) in [5, 5.41) is 12.5. The Bertz CT molecular complexity index is 2220. The average molecular weight is 737 g/mol. The van der Waals surface area contributed by atoms with Crippen LogP contribution < -0.4 is 15.0 Å². The van der Waals surface area contributed by atoms with Gasteiger partial charge in [-0.25, -0.2) is 15.0 Å². The van der Waals surface area contributed by atoms with E-state index in [-0.39, 0.29) is 18.0 Å². The number of ether oxygens (including phenoxy) is 1. The van der Waals surface area contributed by atoms with Crippen LogP contribution in [0.25, 0.3) is 0 Å². The lowest BCUT2D eigenvalue weighted by atomic mass is 9.82. The van der Waals surface area contributed by atoms with Gasteiger partial charge in [0, 0.05) is 29.3 Å². The molecular weight excluding hydrogens is 689 g/mol. The van der Waals surface area contributed by atoms with Crippen LogP contribution in [0.2, 0.25) is 0 Å².